The van der Waals surface area contributed by atoms with Gasteiger partial charge in [-0.05, 0) is 31.6 Å². The van der Waals surface area contributed by atoms with Crippen molar-refractivity contribution in [2.45, 2.75) is 37.5 Å². The van der Waals surface area contributed by atoms with Crippen LogP contribution in [-0.2, 0) is 0 Å². The van der Waals surface area contributed by atoms with Crippen molar-refractivity contribution in [3.8, 4) is 0 Å². The lowest BCUT2D eigenvalue weighted by Gasteiger charge is -2.34. The van der Waals surface area contributed by atoms with Crippen LogP contribution in [0.15, 0.2) is 0 Å². The first-order valence-corrected chi connectivity index (χ1v) is 4.25. The van der Waals surface area contributed by atoms with Gasteiger partial charge in [0.05, 0.1) is 0 Å². The molecule has 0 radical (unpaired) electrons. The maximum absolute atomic E-state index is 13.2. The molecule has 0 atom stereocenters. The van der Waals surface area contributed by atoms with Gasteiger partial charge in [-0.3, -0.25) is 0 Å². The third-order valence-corrected chi connectivity index (χ3v) is 2.66. The fourth-order valence-corrected chi connectivity index (χ4v) is 1.60. The summed E-state index contributed by atoms with van der Waals surface area (Å²) in [6.07, 6.45) is -5.55. The average molecular weight is 200 g/mol. The molecule has 1 aliphatic rings. The lowest BCUT2D eigenvalue weighted by molar-refractivity contribution is -0.242. The molecule has 1 fully saturated rings. The highest BCUT2D eigenvalue weighted by Crippen LogP contribution is 2.45. The van der Waals surface area contributed by atoms with Gasteiger partial charge in [0.1, 0.15) is 0 Å². The molecule has 0 spiro atoms. The van der Waals surface area contributed by atoms with Crippen LogP contribution in [0.3, 0.4) is 0 Å². The zero-order chi connectivity index (χ0) is 10.1. The number of aliphatic hydroxyl groups is 1. The van der Waals surface area contributed by atoms with Gasteiger partial charge in [0.25, 0.3) is 0 Å². The van der Waals surface area contributed by atoms with Crippen LogP contribution in [0.2, 0.25) is 0 Å². The number of alkyl halides is 4. The summed E-state index contributed by atoms with van der Waals surface area (Å²) in [6, 6.07) is 0. The van der Waals surface area contributed by atoms with Crippen molar-refractivity contribution in [3.63, 3.8) is 0 Å². The van der Waals surface area contributed by atoms with E-state index in [-0.39, 0.29) is 25.4 Å². The van der Waals surface area contributed by atoms with Gasteiger partial charge >= 0.3 is 6.18 Å². The monoisotopic (exact) mass is 200 g/mol. The molecule has 0 amide bonds. The SMILES string of the molecule is OCC1CCC(F)(C(F)(F)F)CC1. The van der Waals surface area contributed by atoms with Crippen LogP contribution >= 0.6 is 0 Å². The third-order valence-electron chi connectivity index (χ3n) is 2.66. The fourth-order valence-electron chi connectivity index (χ4n) is 1.60. The molecule has 0 aromatic rings. The summed E-state index contributed by atoms with van der Waals surface area (Å²) in [5.41, 5.74) is -3.02. The Labute approximate surface area is 73.7 Å². The maximum atomic E-state index is 13.2. The summed E-state index contributed by atoms with van der Waals surface area (Å²) in [5, 5.41) is 8.66. The number of hydrogen-bond acceptors (Lipinski definition) is 1. The summed E-state index contributed by atoms with van der Waals surface area (Å²) >= 11 is 0. The Balaban J connectivity index is 2.57. The third kappa shape index (κ3) is 2.13. The van der Waals surface area contributed by atoms with Crippen molar-refractivity contribution in [1.82, 2.24) is 0 Å². The van der Waals surface area contributed by atoms with E-state index in [9.17, 15) is 17.6 Å². The predicted octanol–water partition coefficient (Wildman–Crippen LogP) is 2.44. The van der Waals surface area contributed by atoms with Gasteiger partial charge in [0, 0.05) is 6.61 Å². The molecule has 1 nitrogen and oxygen atoms in total. The Kier molecular flexibility index (Phi) is 2.85. The minimum atomic E-state index is -4.76. The maximum Gasteiger partial charge on any atom is 0.422 e. The van der Waals surface area contributed by atoms with E-state index in [1.807, 2.05) is 0 Å². The molecule has 78 valence electrons. The molecule has 13 heavy (non-hydrogen) atoms. The van der Waals surface area contributed by atoms with Gasteiger partial charge in [-0.1, -0.05) is 0 Å². The molecular weight excluding hydrogens is 188 g/mol. The Morgan fingerprint density at radius 2 is 1.69 bits per heavy atom. The Bertz CT molecular complexity index is 169. The van der Waals surface area contributed by atoms with Gasteiger partial charge in [0.15, 0.2) is 0 Å². The molecule has 0 aromatic carbocycles. The molecule has 0 unspecified atom stereocenters. The van der Waals surface area contributed by atoms with Crippen molar-refractivity contribution in [2.24, 2.45) is 5.92 Å². The number of hydrogen-bond donors (Lipinski definition) is 1. The van der Waals surface area contributed by atoms with Crippen molar-refractivity contribution in [2.75, 3.05) is 6.61 Å². The quantitative estimate of drug-likeness (QED) is 0.644. The van der Waals surface area contributed by atoms with E-state index in [0.717, 1.165) is 0 Å². The number of aliphatic hydroxyl groups excluding tert-OH is 1. The van der Waals surface area contributed by atoms with Crippen molar-refractivity contribution in [1.29, 1.82) is 0 Å². The van der Waals surface area contributed by atoms with Crippen LogP contribution in [0.4, 0.5) is 17.6 Å². The minimum Gasteiger partial charge on any atom is -0.396 e. The Hall–Kier alpha value is -0.320. The molecular formula is C8H12F4O. The molecule has 1 N–H and O–H groups in total. The highest BCUT2D eigenvalue weighted by atomic mass is 19.4. The van der Waals surface area contributed by atoms with Crippen LogP contribution in [0.25, 0.3) is 0 Å². The lowest BCUT2D eigenvalue weighted by Crippen LogP contribution is -2.44. The zero-order valence-electron chi connectivity index (χ0n) is 7.07. The van der Waals surface area contributed by atoms with Gasteiger partial charge in [-0.25, -0.2) is 4.39 Å². The minimum absolute atomic E-state index is 0.118. The Morgan fingerprint density at radius 3 is 2.00 bits per heavy atom. The molecule has 0 aromatic heterocycles. The topological polar surface area (TPSA) is 20.2 Å². The molecule has 0 saturated heterocycles. The van der Waals surface area contributed by atoms with Gasteiger partial charge < -0.3 is 5.11 Å². The molecule has 0 heterocycles. The van der Waals surface area contributed by atoms with E-state index < -0.39 is 24.7 Å². The molecule has 0 bridgehead atoms. The smallest absolute Gasteiger partial charge is 0.396 e. The first-order chi connectivity index (χ1) is 5.89. The summed E-state index contributed by atoms with van der Waals surface area (Å²) in [6.45, 7) is -0.145. The van der Waals surface area contributed by atoms with Crippen molar-refractivity contribution < 1.29 is 22.7 Å². The van der Waals surface area contributed by atoms with E-state index in [1.165, 1.54) is 0 Å². The van der Waals surface area contributed by atoms with Crippen LogP contribution < -0.4 is 0 Å². The molecule has 0 aliphatic heterocycles. The van der Waals surface area contributed by atoms with Crippen LogP contribution in [-0.4, -0.2) is 23.6 Å². The van der Waals surface area contributed by atoms with Gasteiger partial charge in [-0.2, -0.15) is 13.2 Å². The molecule has 1 saturated carbocycles. The van der Waals surface area contributed by atoms with E-state index in [2.05, 4.69) is 0 Å². The Morgan fingerprint density at radius 1 is 1.23 bits per heavy atom. The first kappa shape index (κ1) is 10.8. The van der Waals surface area contributed by atoms with Crippen molar-refractivity contribution in [3.05, 3.63) is 0 Å². The van der Waals surface area contributed by atoms with Gasteiger partial charge in [-0.15, -0.1) is 0 Å². The van der Waals surface area contributed by atoms with Crippen LogP contribution in [0, 0.1) is 5.92 Å². The second kappa shape index (κ2) is 3.44. The van der Waals surface area contributed by atoms with Crippen LogP contribution in [0.1, 0.15) is 25.7 Å². The van der Waals surface area contributed by atoms with Crippen LogP contribution in [0.5, 0.6) is 0 Å². The van der Waals surface area contributed by atoms with E-state index in [0.29, 0.717) is 0 Å². The predicted molar refractivity (Wildman–Crippen MR) is 38.9 cm³/mol. The van der Waals surface area contributed by atoms with Crippen molar-refractivity contribution >= 4 is 0 Å². The highest BCUT2D eigenvalue weighted by molar-refractivity contribution is 4.91. The van der Waals surface area contributed by atoms with E-state index >= 15 is 0 Å². The zero-order valence-corrected chi connectivity index (χ0v) is 7.07. The summed E-state index contributed by atoms with van der Waals surface area (Å²) < 4.78 is 49.5. The van der Waals surface area contributed by atoms with E-state index in [1.54, 1.807) is 0 Å². The first-order valence-electron chi connectivity index (χ1n) is 4.25. The second-order valence-electron chi connectivity index (χ2n) is 3.59. The molecule has 1 rings (SSSR count). The average Bonchev–Trinajstić information content (AvgIpc) is 2.04. The van der Waals surface area contributed by atoms with Gasteiger partial charge in [0.2, 0.25) is 5.67 Å². The second-order valence-corrected chi connectivity index (χ2v) is 3.59. The number of halogens is 4. The lowest BCUT2D eigenvalue weighted by atomic mass is 9.80. The highest BCUT2D eigenvalue weighted by Gasteiger charge is 2.56. The normalized spacial score (nSPS) is 36.2. The fraction of sp³-hybridized carbons (Fsp3) is 1.00. The largest absolute Gasteiger partial charge is 0.422 e. The summed E-state index contributed by atoms with van der Waals surface area (Å²) in [7, 11) is 0. The standard InChI is InChI=1S/C8H12F4O/c9-7(8(10,11)12)3-1-6(5-13)2-4-7/h6,13H,1-5H2. The van der Waals surface area contributed by atoms with E-state index in [4.69, 9.17) is 5.11 Å². The molecule has 5 heteroatoms. The summed E-state index contributed by atoms with van der Waals surface area (Å²) in [4.78, 5) is 0. The molecule has 1 aliphatic carbocycles. The number of rotatable bonds is 1. The summed E-state index contributed by atoms with van der Waals surface area (Å²) in [5.74, 6) is -0.161.